The number of anilines is 2. The quantitative estimate of drug-likeness (QED) is 0.427. The smallest absolute Gasteiger partial charge is 0.271 e. The predicted octanol–water partition coefficient (Wildman–Crippen LogP) is 2.68. The molecule has 1 aliphatic rings. The van der Waals surface area contributed by atoms with Crippen LogP contribution in [0.1, 0.15) is 5.56 Å². The molecule has 10 nitrogen and oxygen atoms in total. The Morgan fingerprint density at radius 1 is 1.18 bits per heavy atom. The molecule has 0 bridgehead atoms. The van der Waals surface area contributed by atoms with Crippen LogP contribution in [-0.4, -0.2) is 70.2 Å². The van der Waals surface area contributed by atoms with Crippen molar-refractivity contribution in [3.8, 4) is 5.75 Å². The van der Waals surface area contributed by atoms with Gasteiger partial charge in [0.05, 0.1) is 18.3 Å². The number of nitro benzene ring substituents is 1. The van der Waals surface area contributed by atoms with Gasteiger partial charge in [0, 0.05) is 49.0 Å². The zero-order valence-corrected chi connectivity index (χ0v) is 20.1. The third-order valence-corrected chi connectivity index (χ3v) is 6.83. The highest BCUT2D eigenvalue weighted by molar-refractivity contribution is 7.92. The Hall–Kier alpha value is -3.05. The average molecular weight is 497 g/mol. The molecule has 3 rings (SSSR count). The van der Waals surface area contributed by atoms with Crippen LogP contribution in [0.4, 0.5) is 17.1 Å². The molecule has 0 aliphatic carbocycles. The van der Waals surface area contributed by atoms with Crippen LogP contribution in [-0.2, 0) is 14.8 Å². The average Bonchev–Trinajstić information content (AvgIpc) is 2.77. The number of non-ortho nitro benzene ring substituents is 1. The minimum Gasteiger partial charge on any atom is -0.495 e. The lowest BCUT2D eigenvalue weighted by Crippen LogP contribution is -2.52. The van der Waals surface area contributed by atoms with Crippen LogP contribution >= 0.6 is 11.6 Å². The molecule has 1 amide bonds. The Balaban J connectivity index is 1.78. The van der Waals surface area contributed by atoms with Crippen molar-refractivity contribution in [2.75, 3.05) is 55.3 Å². The Bertz CT molecular complexity index is 1170. The SMILES string of the molecule is COc1ccc([N+](=O)[O-])cc1N(CC(=O)N1CCN(c2cc(Cl)ccc2C)CC1)S(C)(=O)=O. The molecule has 1 aliphatic heterocycles. The van der Waals surface area contributed by atoms with Crippen molar-refractivity contribution in [3.63, 3.8) is 0 Å². The lowest BCUT2D eigenvalue weighted by molar-refractivity contribution is -0.384. The second-order valence-corrected chi connectivity index (χ2v) is 10.0. The van der Waals surface area contributed by atoms with Crippen molar-refractivity contribution in [2.24, 2.45) is 0 Å². The van der Waals surface area contributed by atoms with Gasteiger partial charge in [0.1, 0.15) is 18.0 Å². The summed E-state index contributed by atoms with van der Waals surface area (Å²) in [7, 11) is -2.61. The van der Waals surface area contributed by atoms with Crippen LogP contribution < -0.4 is 13.9 Å². The van der Waals surface area contributed by atoms with Gasteiger partial charge in [-0.15, -0.1) is 0 Å². The lowest BCUT2D eigenvalue weighted by Gasteiger charge is -2.37. The first-order valence-electron chi connectivity index (χ1n) is 10.1. The first-order chi connectivity index (χ1) is 15.5. The number of sulfonamides is 1. The number of hydrogen-bond acceptors (Lipinski definition) is 7. The molecule has 0 spiro atoms. The second kappa shape index (κ2) is 9.84. The van der Waals surface area contributed by atoms with Crippen LogP contribution in [0.2, 0.25) is 5.02 Å². The first kappa shape index (κ1) is 24.6. The number of carbonyl (C=O) groups excluding carboxylic acids is 1. The summed E-state index contributed by atoms with van der Waals surface area (Å²) in [5.41, 5.74) is 1.70. The van der Waals surface area contributed by atoms with Crippen LogP contribution in [0.5, 0.6) is 5.75 Å². The zero-order valence-electron chi connectivity index (χ0n) is 18.5. The molecule has 2 aromatic rings. The highest BCUT2D eigenvalue weighted by atomic mass is 35.5. The molecule has 2 aromatic carbocycles. The minimum absolute atomic E-state index is 0.0595. The number of piperazine rings is 1. The fraction of sp³-hybridized carbons (Fsp3) is 0.381. The van der Waals surface area contributed by atoms with Crippen LogP contribution in [0.3, 0.4) is 0 Å². The number of methoxy groups -OCH3 is 1. The molecule has 33 heavy (non-hydrogen) atoms. The van der Waals surface area contributed by atoms with Gasteiger partial charge >= 0.3 is 0 Å². The van der Waals surface area contributed by atoms with E-state index in [2.05, 4.69) is 4.90 Å². The molecule has 0 radical (unpaired) electrons. The van der Waals surface area contributed by atoms with Crippen LogP contribution in [0.15, 0.2) is 36.4 Å². The van der Waals surface area contributed by atoms with Crippen molar-refractivity contribution in [2.45, 2.75) is 6.92 Å². The number of ether oxygens (including phenoxy) is 1. The molecule has 1 fully saturated rings. The maximum atomic E-state index is 13.0. The van der Waals surface area contributed by atoms with E-state index in [0.29, 0.717) is 31.2 Å². The Kier molecular flexibility index (Phi) is 7.33. The van der Waals surface area contributed by atoms with Crippen LogP contribution in [0, 0.1) is 17.0 Å². The first-order valence-corrected chi connectivity index (χ1v) is 12.3. The summed E-state index contributed by atoms with van der Waals surface area (Å²) in [5.74, 6) is -0.295. The maximum Gasteiger partial charge on any atom is 0.271 e. The predicted molar refractivity (Wildman–Crippen MR) is 127 cm³/mol. The summed E-state index contributed by atoms with van der Waals surface area (Å²) < 4.78 is 31.1. The van der Waals surface area contributed by atoms with Gasteiger partial charge in [0.25, 0.3) is 5.69 Å². The number of rotatable bonds is 7. The highest BCUT2D eigenvalue weighted by Crippen LogP contribution is 2.34. The normalized spacial score (nSPS) is 14.2. The molecule has 0 N–H and O–H groups in total. The van der Waals surface area contributed by atoms with Gasteiger partial charge in [0.2, 0.25) is 15.9 Å². The Morgan fingerprint density at radius 2 is 1.85 bits per heavy atom. The summed E-state index contributed by atoms with van der Waals surface area (Å²) >= 11 is 6.12. The molecule has 178 valence electrons. The summed E-state index contributed by atoms with van der Waals surface area (Å²) in [6.07, 6.45) is 0.943. The van der Waals surface area contributed by atoms with E-state index in [4.69, 9.17) is 16.3 Å². The maximum absolute atomic E-state index is 13.0. The van der Waals surface area contributed by atoms with Gasteiger partial charge in [-0.3, -0.25) is 19.2 Å². The van der Waals surface area contributed by atoms with Crippen molar-refractivity contribution in [1.29, 1.82) is 0 Å². The molecular weight excluding hydrogens is 472 g/mol. The molecule has 0 aromatic heterocycles. The van der Waals surface area contributed by atoms with Crippen molar-refractivity contribution in [1.82, 2.24) is 4.90 Å². The number of hydrogen-bond donors (Lipinski definition) is 0. The Labute approximate surface area is 197 Å². The number of carbonyl (C=O) groups is 1. The molecular formula is C21H25ClN4O6S. The second-order valence-electron chi connectivity index (χ2n) is 7.68. The summed E-state index contributed by atoms with van der Waals surface area (Å²) in [5, 5.41) is 11.8. The van der Waals surface area contributed by atoms with E-state index in [0.717, 1.165) is 27.9 Å². The fourth-order valence-electron chi connectivity index (χ4n) is 3.71. The monoisotopic (exact) mass is 496 g/mol. The van der Waals surface area contributed by atoms with Crippen LogP contribution in [0.25, 0.3) is 0 Å². The van der Waals surface area contributed by atoms with Gasteiger partial charge in [-0.2, -0.15) is 0 Å². The largest absolute Gasteiger partial charge is 0.495 e. The molecule has 0 unspecified atom stereocenters. The molecule has 0 atom stereocenters. The summed E-state index contributed by atoms with van der Waals surface area (Å²) in [6, 6.07) is 9.25. The van der Waals surface area contributed by atoms with E-state index in [1.807, 2.05) is 25.1 Å². The van der Waals surface area contributed by atoms with E-state index in [9.17, 15) is 23.3 Å². The number of aryl methyl sites for hydroxylation is 1. The summed E-state index contributed by atoms with van der Waals surface area (Å²) in [6.45, 7) is 3.41. The van der Waals surface area contributed by atoms with Gasteiger partial charge in [0.15, 0.2) is 0 Å². The number of nitro groups is 1. The topological polar surface area (TPSA) is 113 Å². The van der Waals surface area contributed by atoms with E-state index in [-0.39, 0.29) is 17.1 Å². The van der Waals surface area contributed by atoms with E-state index in [1.54, 1.807) is 4.90 Å². The minimum atomic E-state index is -3.93. The standard InChI is InChI=1S/C21H25ClN4O6S/c1-15-4-5-16(22)12-18(15)23-8-10-24(11-9-23)21(27)14-25(33(3,30)31)19-13-17(26(28)29)6-7-20(19)32-2/h4-7,12-13H,8-11,14H2,1-3H3. The number of benzene rings is 2. The number of halogens is 1. The third-order valence-electron chi connectivity index (χ3n) is 5.47. The van der Waals surface area contributed by atoms with Crippen molar-refractivity contribution in [3.05, 3.63) is 57.1 Å². The van der Waals surface area contributed by atoms with Gasteiger partial charge < -0.3 is 14.5 Å². The number of amides is 1. The van der Waals surface area contributed by atoms with E-state index >= 15 is 0 Å². The fourth-order valence-corrected chi connectivity index (χ4v) is 4.72. The van der Waals surface area contributed by atoms with Crippen molar-refractivity contribution >= 4 is 44.6 Å². The Morgan fingerprint density at radius 3 is 2.42 bits per heavy atom. The van der Waals surface area contributed by atoms with Gasteiger partial charge in [-0.05, 0) is 30.7 Å². The third kappa shape index (κ3) is 5.66. The lowest BCUT2D eigenvalue weighted by atomic mass is 10.1. The van der Waals surface area contributed by atoms with E-state index < -0.39 is 27.4 Å². The van der Waals surface area contributed by atoms with Gasteiger partial charge in [-0.25, -0.2) is 8.42 Å². The highest BCUT2D eigenvalue weighted by Gasteiger charge is 2.29. The molecule has 0 saturated carbocycles. The van der Waals surface area contributed by atoms with E-state index in [1.165, 1.54) is 19.2 Å². The van der Waals surface area contributed by atoms with Gasteiger partial charge in [-0.1, -0.05) is 17.7 Å². The number of nitrogens with zero attached hydrogens (tertiary/aromatic N) is 4. The van der Waals surface area contributed by atoms with Crippen molar-refractivity contribution < 1.29 is 22.9 Å². The molecule has 12 heteroatoms. The zero-order chi connectivity index (χ0) is 24.3. The molecule has 1 heterocycles. The molecule has 1 saturated heterocycles. The summed E-state index contributed by atoms with van der Waals surface area (Å²) in [4.78, 5) is 27.3.